The molecule has 3 nitrogen and oxygen atoms in total. The van der Waals surface area contributed by atoms with Crippen LogP contribution in [0.15, 0.2) is 24.4 Å². The number of anilines is 1. The average Bonchev–Trinajstić information content (AvgIpc) is 2.29. The minimum Gasteiger partial charge on any atom is -0.397 e. The Morgan fingerprint density at radius 2 is 2.12 bits per heavy atom. The molecule has 80 valence electrons. The van der Waals surface area contributed by atoms with Crippen LogP contribution in [-0.2, 0) is 0 Å². The number of fused-ring (bicyclic) bond motifs is 1. The van der Waals surface area contributed by atoms with Gasteiger partial charge >= 0.3 is 0 Å². The molecule has 0 aliphatic carbocycles. The second-order valence-electron chi connectivity index (χ2n) is 4.10. The molecule has 0 fully saturated rings. The van der Waals surface area contributed by atoms with Gasteiger partial charge in [0.2, 0.25) is 0 Å². The van der Waals surface area contributed by atoms with Crippen LogP contribution in [-0.4, -0.2) is 4.98 Å². The minimum atomic E-state index is 0.392. The predicted molar refractivity (Wildman–Crippen MR) is 65.0 cm³/mol. The van der Waals surface area contributed by atoms with Gasteiger partial charge in [0.25, 0.3) is 0 Å². The molecular weight excluding hydrogens is 198 g/mol. The van der Waals surface area contributed by atoms with Gasteiger partial charge in [0.15, 0.2) is 0 Å². The highest BCUT2D eigenvalue weighted by Gasteiger charge is 2.10. The van der Waals surface area contributed by atoms with Gasteiger partial charge in [0, 0.05) is 11.6 Å². The highest BCUT2D eigenvalue weighted by molar-refractivity contribution is 5.94. The van der Waals surface area contributed by atoms with Gasteiger partial charge in [-0.15, -0.1) is 0 Å². The summed E-state index contributed by atoms with van der Waals surface area (Å²) in [7, 11) is 0. The lowest BCUT2D eigenvalue weighted by Gasteiger charge is -2.10. The van der Waals surface area contributed by atoms with Crippen LogP contribution in [0.4, 0.5) is 5.69 Å². The van der Waals surface area contributed by atoms with Gasteiger partial charge in [-0.1, -0.05) is 32.0 Å². The molecule has 2 rings (SSSR count). The molecule has 0 radical (unpaired) electrons. The van der Waals surface area contributed by atoms with Crippen molar-refractivity contribution in [1.29, 1.82) is 5.26 Å². The Bertz CT molecular complexity index is 579. The van der Waals surface area contributed by atoms with Crippen LogP contribution in [0.1, 0.15) is 30.9 Å². The molecule has 16 heavy (non-hydrogen) atoms. The zero-order valence-corrected chi connectivity index (χ0v) is 9.36. The van der Waals surface area contributed by atoms with E-state index in [2.05, 4.69) is 18.8 Å². The number of hydrogen-bond acceptors (Lipinski definition) is 3. The number of benzene rings is 1. The summed E-state index contributed by atoms with van der Waals surface area (Å²) >= 11 is 0. The van der Waals surface area contributed by atoms with Crippen molar-refractivity contribution in [3.8, 4) is 6.07 Å². The second-order valence-corrected chi connectivity index (χ2v) is 4.10. The fourth-order valence-electron chi connectivity index (χ4n) is 1.82. The zero-order valence-electron chi connectivity index (χ0n) is 9.36. The molecule has 0 atom stereocenters. The maximum atomic E-state index is 8.89. The second kappa shape index (κ2) is 3.82. The molecule has 0 saturated heterocycles. The summed E-state index contributed by atoms with van der Waals surface area (Å²) in [6, 6.07) is 7.96. The van der Waals surface area contributed by atoms with Crippen molar-refractivity contribution in [2.24, 2.45) is 0 Å². The summed E-state index contributed by atoms with van der Waals surface area (Å²) in [4.78, 5) is 4.33. The maximum Gasteiger partial charge on any atom is 0.103 e. The molecule has 0 amide bonds. The van der Waals surface area contributed by atoms with Crippen LogP contribution in [0.5, 0.6) is 0 Å². The van der Waals surface area contributed by atoms with Crippen LogP contribution in [0, 0.1) is 11.3 Å². The molecular formula is C13H13N3. The number of pyridine rings is 1. The molecule has 1 aromatic carbocycles. The van der Waals surface area contributed by atoms with E-state index in [1.165, 1.54) is 0 Å². The Morgan fingerprint density at radius 3 is 2.75 bits per heavy atom. The van der Waals surface area contributed by atoms with Crippen molar-refractivity contribution in [3.63, 3.8) is 0 Å². The van der Waals surface area contributed by atoms with E-state index in [0.29, 0.717) is 17.2 Å². The molecule has 0 aliphatic rings. The van der Waals surface area contributed by atoms with Crippen LogP contribution in [0.25, 0.3) is 10.9 Å². The van der Waals surface area contributed by atoms with E-state index >= 15 is 0 Å². The highest BCUT2D eigenvalue weighted by Crippen LogP contribution is 2.28. The van der Waals surface area contributed by atoms with Crippen molar-refractivity contribution in [1.82, 2.24) is 4.98 Å². The Kier molecular flexibility index (Phi) is 2.49. The SMILES string of the molecule is CC(C)c1cccc2c(N)c(C#N)cnc12. The number of rotatable bonds is 1. The third-order valence-corrected chi connectivity index (χ3v) is 2.71. The van der Waals surface area contributed by atoms with Gasteiger partial charge in [0.05, 0.1) is 16.8 Å². The van der Waals surface area contributed by atoms with Crippen LogP contribution >= 0.6 is 0 Å². The van der Waals surface area contributed by atoms with E-state index in [9.17, 15) is 0 Å². The van der Waals surface area contributed by atoms with Gasteiger partial charge in [-0.05, 0) is 11.5 Å². The first-order valence-electron chi connectivity index (χ1n) is 5.22. The Hall–Kier alpha value is -2.08. The number of nitriles is 1. The maximum absolute atomic E-state index is 8.89. The monoisotopic (exact) mass is 211 g/mol. The highest BCUT2D eigenvalue weighted by atomic mass is 14.7. The third-order valence-electron chi connectivity index (χ3n) is 2.71. The van der Waals surface area contributed by atoms with Gasteiger partial charge < -0.3 is 5.73 Å². The summed E-state index contributed by atoms with van der Waals surface area (Å²) < 4.78 is 0. The van der Waals surface area contributed by atoms with Crippen molar-refractivity contribution >= 4 is 16.6 Å². The molecule has 0 aliphatic heterocycles. The molecule has 2 N–H and O–H groups in total. The molecule has 0 bridgehead atoms. The van der Waals surface area contributed by atoms with Crippen molar-refractivity contribution in [3.05, 3.63) is 35.5 Å². The number of aromatic nitrogens is 1. The first-order valence-corrected chi connectivity index (χ1v) is 5.22. The van der Waals surface area contributed by atoms with Crippen molar-refractivity contribution < 1.29 is 0 Å². The fraction of sp³-hybridized carbons (Fsp3) is 0.231. The van der Waals surface area contributed by atoms with Gasteiger partial charge in [0.1, 0.15) is 6.07 Å². The largest absolute Gasteiger partial charge is 0.397 e. The Labute approximate surface area is 94.5 Å². The van der Waals surface area contributed by atoms with Gasteiger partial charge in [-0.2, -0.15) is 5.26 Å². The molecule has 2 aromatic rings. The topological polar surface area (TPSA) is 62.7 Å². The number of nitrogen functional groups attached to an aromatic ring is 1. The van der Waals surface area contributed by atoms with Crippen molar-refractivity contribution in [2.75, 3.05) is 5.73 Å². The molecule has 0 spiro atoms. The third kappa shape index (κ3) is 1.49. The van der Waals surface area contributed by atoms with Gasteiger partial charge in [-0.3, -0.25) is 4.98 Å². The standard InChI is InChI=1S/C13H13N3/c1-8(2)10-4-3-5-11-12(15)9(6-14)7-16-13(10)11/h3-5,7-8H,1-2H3,(H2,15,16). The number of hydrogen-bond donors (Lipinski definition) is 1. The number of nitrogens with two attached hydrogens (primary N) is 1. The van der Waals surface area contributed by atoms with Crippen LogP contribution in [0.3, 0.4) is 0 Å². The van der Waals surface area contributed by atoms with Gasteiger partial charge in [-0.25, -0.2) is 0 Å². The smallest absolute Gasteiger partial charge is 0.103 e. The first-order chi connectivity index (χ1) is 7.65. The molecule has 0 unspecified atom stereocenters. The number of nitrogens with zero attached hydrogens (tertiary/aromatic N) is 2. The molecule has 1 aromatic heterocycles. The lowest BCUT2D eigenvalue weighted by Crippen LogP contribution is -1.97. The lowest BCUT2D eigenvalue weighted by atomic mass is 9.98. The quantitative estimate of drug-likeness (QED) is 0.788. The summed E-state index contributed by atoms with van der Waals surface area (Å²) in [5.41, 5.74) is 8.96. The summed E-state index contributed by atoms with van der Waals surface area (Å²) in [5.74, 6) is 0.392. The summed E-state index contributed by atoms with van der Waals surface area (Å²) in [6.45, 7) is 4.23. The van der Waals surface area contributed by atoms with E-state index in [1.807, 2.05) is 24.3 Å². The fourth-order valence-corrected chi connectivity index (χ4v) is 1.82. The minimum absolute atomic E-state index is 0.392. The average molecular weight is 211 g/mol. The van der Waals surface area contributed by atoms with E-state index < -0.39 is 0 Å². The first kappa shape index (κ1) is 10.4. The Morgan fingerprint density at radius 1 is 1.38 bits per heavy atom. The van der Waals surface area contributed by atoms with Crippen LogP contribution < -0.4 is 5.73 Å². The normalized spacial score (nSPS) is 10.6. The summed E-state index contributed by atoms with van der Waals surface area (Å²) in [5, 5.41) is 9.75. The van der Waals surface area contributed by atoms with E-state index in [4.69, 9.17) is 11.0 Å². The number of para-hydroxylation sites is 1. The van der Waals surface area contributed by atoms with E-state index in [0.717, 1.165) is 16.5 Å². The molecule has 1 heterocycles. The molecule has 0 saturated carbocycles. The summed E-state index contributed by atoms with van der Waals surface area (Å²) in [6.07, 6.45) is 1.55. The predicted octanol–water partition coefficient (Wildman–Crippen LogP) is 2.81. The zero-order chi connectivity index (χ0) is 11.7. The molecule has 3 heteroatoms. The van der Waals surface area contributed by atoms with E-state index in [-0.39, 0.29) is 0 Å². The van der Waals surface area contributed by atoms with Crippen LogP contribution in [0.2, 0.25) is 0 Å². The van der Waals surface area contributed by atoms with E-state index in [1.54, 1.807) is 6.20 Å². The lowest BCUT2D eigenvalue weighted by molar-refractivity contribution is 0.873. The Balaban J connectivity index is 2.84. The van der Waals surface area contributed by atoms with Crippen molar-refractivity contribution in [2.45, 2.75) is 19.8 Å².